The van der Waals surface area contributed by atoms with E-state index in [4.69, 9.17) is 9.47 Å². The summed E-state index contributed by atoms with van der Waals surface area (Å²) in [5.41, 5.74) is 2.23. The predicted molar refractivity (Wildman–Crippen MR) is 104 cm³/mol. The molecule has 1 aromatic heterocycles. The van der Waals surface area contributed by atoms with E-state index in [-0.39, 0.29) is 12.6 Å². The van der Waals surface area contributed by atoms with Gasteiger partial charge in [0, 0.05) is 18.0 Å². The molecule has 0 spiro atoms. The molecule has 1 heterocycles. The molecule has 0 radical (unpaired) electrons. The molecule has 0 bridgehead atoms. The van der Waals surface area contributed by atoms with Gasteiger partial charge in [-0.1, -0.05) is 32.0 Å². The number of carbonyl (C=O) groups excluding carboxylic acids is 1. The zero-order chi connectivity index (χ0) is 19.2. The van der Waals surface area contributed by atoms with E-state index in [1.165, 1.54) is 5.56 Å². The molecule has 1 N–H and O–H groups in total. The summed E-state index contributed by atoms with van der Waals surface area (Å²) in [5, 5.41) is 7.06. The summed E-state index contributed by atoms with van der Waals surface area (Å²) < 4.78 is 12.5. The normalized spacial score (nSPS) is 10.7. The van der Waals surface area contributed by atoms with E-state index in [2.05, 4.69) is 36.4 Å². The van der Waals surface area contributed by atoms with Crippen molar-refractivity contribution in [1.82, 2.24) is 9.78 Å². The average Bonchev–Trinajstić information content (AvgIpc) is 3.16. The van der Waals surface area contributed by atoms with Crippen molar-refractivity contribution in [3.63, 3.8) is 0 Å². The maximum absolute atomic E-state index is 12.3. The van der Waals surface area contributed by atoms with E-state index in [0.717, 1.165) is 5.75 Å². The van der Waals surface area contributed by atoms with Gasteiger partial charge in [-0.3, -0.25) is 4.79 Å². The Morgan fingerprint density at radius 2 is 1.89 bits per heavy atom. The molecule has 6 nitrogen and oxygen atoms in total. The first kappa shape index (κ1) is 18.5. The van der Waals surface area contributed by atoms with Crippen LogP contribution in [0.4, 0.5) is 5.69 Å². The molecule has 3 aromatic rings. The molecule has 0 fully saturated rings. The Hall–Kier alpha value is -3.28. The van der Waals surface area contributed by atoms with Crippen LogP contribution in [0.1, 0.15) is 35.8 Å². The Morgan fingerprint density at radius 3 is 2.59 bits per heavy atom. The SMILES string of the molecule is COc1cccc(NC(=O)c2ccn(COc3ccc(C(C)C)cc3)n2)c1. The highest BCUT2D eigenvalue weighted by molar-refractivity contribution is 6.02. The number of nitrogens with zero attached hydrogens (tertiary/aromatic N) is 2. The third kappa shape index (κ3) is 4.88. The number of hydrogen-bond acceptors (Lipinski definition) is 4. The van der Waals surface area contributed by atoms with Crippen LogP contribution in [0.2, 0.25) is 0 Å². The van der Waals surface area contributed by atoms with Crippen LogP contribution in [0, 0.1) is 0 Å². The Balaban J connectivity index is 1.58. The summed E-state index contributed by atoms with van der Waals surface area (Å²) in [5.74, 6) is 1.63. The minimum absolute atomic E-state index is 0.230. The minimum Gasteiger partial charge on any atom is -0.497 e. The van der Waals surface area contributed by atoms with Crippen LogP contribution in [0.5, 0.6) is 11.5 Å². The lowest BCUT2D eigenvalue weighted by Crippen LogP contribution is -2.14. The van der Waals surface area contributed by atoms with Gasteiger partial charge in [-0.05, 0) is 41.8 Å². The van der Waals surface area contributed by atoms with Crippen molar-refractivity contribution in [2.75, 3.05) is 12.4 Å². The molecule has 0 unspecified atom stereocenters. The zero-order valence-electron chi connectivity index (χ0n) is 15.7. The molecule has 0 aliphatic carbocycles. The summed E-state index contributed by atoms with van der Waals surface area (Å²) in [4.78, 5) is 12.3. The van der Waals surface area contributed by atoms with Crippen molar-refractivity contribution >= 4 is 11.6 Å². The maximum Gasteiger partial charge on any atom is 0.276 e. The summed E-state index contributed by atoms with van der Waals surface area (Å²) in [6, 6.07) is 16.8. The van der Waals surface area contributed by atoms with E-state index >= 15 is 0 Å². The van der Waals surface area contributed by atoms with Crippen LogP contribution in [-0.2, 0) is 6.73 Å². The molecule has 1 amide bonds. The van der Waals surface area contributed by atoms with Gasteiger partial charge in [0.25, 0.3) is 5.91 Å². The van der Waals surface area contributed by atoms with E-state index < -0.39 is 0 Å². The molecule has 27 heavy (non-hydrogen) atoms. The van der Waals surface area contributed by atoms with Crippen LogP contribution >= 0.6 is 0 Å². The summed E-state index contributed by atoms with van der Waals surface area (Å²) in [6.45, 7) is 4.53. The Bertz CT molecular complexity index is 901. The fraction of sp³-hybridized carbons (Fsp3) is 0.238. The fourth-order valence-corrected chi connectivity index (χ4v) is 2.54. The molecular formula is C21H23N3O3. The number of aromatic nitrogens is 2. The number of methoxy groups -OCH3 is 1. The van der Waals surface area contributed by atoms with Crippen molar-refractivity contribution in [2.45, 2.75) is 26.5 Å². The van der Waals surface area contributed by atoms with Gasteiger partial charge in [-0.15, -0.1) is 0 Å². The lowest BCUT2D eigenvalue weighted by atomic mass is 10.0. The van der Waals surface area contributed by atoms with Crippen LogP contribution in [0.25, 0.3) is 0 Å². The summed E-state index contributed by atoms with van der Waals surface area (Å²) in [6.07, 6.45) is 1.71. The minimum atomic E-state index is -0.289. The number of ether oxygens (including phenoxy) is 2. The molecule has 140 valence electrons. The molecule has 6 heteroatoms. The first-order valence-electron chi connectivity index (χ1n) is 8.77. The molecular weight excluding hydrogens is 342 g/mol. The van der Waals surface area contributed by atoms with Gasteiger partial charge in [-0.25, -0.2) is 4.68 Å². The van der Waals surface area contributed by atoms with Gasteiger partial charge in [-0.2, -0.15) is 5.10 Å². The lowest BCUT2D eigenvalue weighted by Gasteiger charge is -2.09. The first-order chi connectivity index (χ1) is 13.0. The second-order valence-corrected chi connectivity index (χ2v) is 6.42. The average molecular weight is 365 g/mol. The number of rotatable bonds is 7. The number of carbonyl (C=O) groups is 1. The fourth-order valence-electron chi connectivity index (χ4n) is 2.54. The molecule has 2 aromatic carbocycles. The van der Waals surface area contributed by atoms with Crippen molar-refractivity contribution < 1.29 is 14.3 Å². The number of benzene rings is 2. The second kappa shape index (κ2) is 8.40. The van der Waals surface area contributed by atoms with E-state index in [0.29, 0.717) is 23.0 Å². The Kier molecular flexibility index (Phi) is 5.76. The number of amides is 1. The third-order valence-corrected chi connectivity index (χ3v) is 4.11. The highest BCUT2D eigenvalue weighted by Gasteiger charge is 2.10. The molecule has 3 rings (SSSR count). The predicted octanol–water partition coefficient (Wildman–Crippen LogP) is 4.30. The number of hydrogen-bond donors (Lipinski definition) is 1. The third-order valence-electron chi connectivity index (χ3n) is 4.11. The van der Waals surface area contributed by atoms with Gasteiger partial charge in [0.1, 0.15) is 11.5 Å². The largest absolute Gasteiger partial charge is 0.497 e. The van der Waals surface area contributed by atoms with Crippen molar-refractivity contribution in [3.8, 4) is 11.5 Å². The van der Waals surface area contributed by atoms with E-state index in [1.54, 1.807) is 36.2 Å². The lowest BCUT2D eigenvalue weighted by molar-refractivity contribution is 0.102. The highest BCUT2D eigenvalue weighted by atomic mass is 16.5. The van der Waals surface area contributed by atoms with Gasteiger partial charge in [0.2, 0.25) is 0 Å². The van der Waals surface area contributed by atoms with Gasteiger partial charge < -0.3 is 14.8 Å². The number of anilines is 1. The van der Waals surface area contributed by atoms with E-state index in [9.17, 15) is 4.79 Å². The number of nitrogens with one attached hydrogen (secondary N) is 1. The van der Waals surface area contributed by atoms with Crippen LogP contribution in [0.15, 0.2) is 60.8 Å². The highest BCUT2D eigenvalue weighted by Crippen LogP contribution is 2.19. The Morgan fingerprint density at radius 1 is 1.11 bits per heavy atom. The smallest absolute Gasteiger partial charge is 0.276 e. The quantitative estimate of drug-likeness (QED) is 0.678. The van der Waals surface area contributed by atoms with Crippen LogP contribution in [0.3, 0.4) is 0 Å². The standard InChI is InChI=1S/C21H23N3O3/c1-15(2)16-7-9-18(10-8-16)27-14-24-12-11-20(23-24)21(25)22-17-5-4-6-19(13-17)26-3/h4-13,15H,14H2,1-3H3,(H,22,25). The molecule has 0 saturated heterocycles. The van der Waals surface area contributed by atoms with Crippen LogP contribution in [-0.4, -0.2) is 22.8 Å². The second-order valence-electron chi connectivity index (χ2n) is 6.42. The van der Waals surface area contributed by atoms with Crippen molar-refractivity contribution in [1.29, 1.82) is 0 Å². The van der Waals surface area contributed by atoms with Crippen LogP contribution < -0.4 is 14.8 Å². The summed E-state index contributed by atoms with van der Waals surface area (Å²) in [7, 11) is 1.58. The summed E-state index contributed by atoms with van der Waals surface area (Å²) >= 11 is 0. The molecule has 0 aliphatic heterocycles. The topological polar surface area (TPSA) is 65.4 Å². The monoisotopic (exact) mass is 365 g/mol. The van der Waals surface area contributed by atoms with E-state index in [1.807, 2.05) is 24.3 Å². The maximum atomic E-state index is 12.3. The molecule has 0 saturated carbocycles. The Labute approximate surface area is 158 Å². The van der Waals surface area contributed by atoms with Gasteiger partial charge >= 0.3 is 0 Å². The first-order valence-corrected chi connectivity index (χ1v) is 8.77. The van der Waals surface area contributed by atoms with Crippen molar-refractivity contribution in [3.05, 3.63) is 72.1 Å². The zero-order valence-corrected chi connectivity index (χ0v) is 15.7. The van der Waals surface area contributed by atoms with Gasteiger partial charge in [0.05, 0.1) is 7.11 Å². The van der Waals surface area contributed by atoms with Crippen molar-refractivity contribution in [2.24, 2.45) is 0 Å². The van der Waals surface area contributed by atoms with Gasteiger partial charge in [0.15, 0.2) is 12.4 Å². The molecule has 0 aliphatic rings. The molecule has 0 atom stereocenters.